The lowest BCUT2D eigenvalue weighted by molar-refractivity contribution is 0.242. The largest absolute Gasteiger partial charge is 0.475 e. The Balaban J connectivity index is 2.01. The molecule has 1 unspecified atom stereocenters. The zero-order chi connectivity index (χ0) is 18.5. The zero-order valence-electron chi connectivity index (χ0n) is 14.3. The number of nitrogens with one attached hydrogen (secondary N) is 1. The lowest BCUT2D eigenvalue weighted by Crippen LogP contribution is -2.14. The summed E-state index contributed by atoms with van der Waals surface area (Å²) in [6.07, 6.45) is 3.12. The van der Waals surface area contributed by atoms with Crippen LogP contribution in [-0.4, -0.2) is 30.3 Å². The molecule has 0 aliphatic carbocycles. The molecule has 0 saturated carbocycles. The van der Waals surface area contributed by atoms with Crippen LogP contribution in [0, 0.1) is 0 Å². The number of fused-ring (bicyclic) bond motifs is 2. The summed E-state index contributed by atoms with van der Waals surface area (Å²) in [7, 11) is -3.40. The van der Waals surface area contributed by atoms with E-state index in [9.17, 15) is 13.2 Å². The van der Waals surface area contributed by atoms with Gasteiger partial charge in [0.1, 0.15) is 6.10 Å². The molecule has 1 aliphatic heterocycles. The minimum absolute atomic E-state index is 0.0749. The van der Waals surface area contributed by atoms with Gasteiger partial charge in [0.25, 0.3) is 0 Å². The monoisotopic (exact) mass is 371 g/mol. The third-order valence-corrected chi connectivity index (χ3v) is 4.80. The lowest BCUT2D eigenvalue weighted by atomic mass is 10.1. The predicted octanol–water partition coefficient (Wildman–Crippen LogP) is 2.08. The summed E-state index contributed by atoms with van der Waals surface area (Å²) in [5, 5.41) is 0.505. The smallest absolute Gasteiger partial charge is 0.229 e. The molecule has 1 aliphatic rings. The molecule has 0 bridgehead atoms. The maximum absolute atomic E-state index is 12.8. The van der Waals surface area contributed by atoms with Gasteiger partial charge in [-0.3, -0.25) is 14.1 Å². The van der Waals surface area contributed by atoms with Crippen LogP contribution < -0.4 is 14.9 Å². The molecule has 0 saturated heterocycles. The van der Waals surface area contributed by atoms with E-state index in [1.54, 1.807) is 41.1 Å². The number of hydrogen-bond acceptors (Lipinski definition) is 5. The Morgan fingerprint density at radius 2 is 2.08 bits per heavy atom. The molecule has 2 aromatic heterocycles. The van der Waals surface area contributed by atoms with Crippen molar-refractivity contribution in [1.82, 2.24) is 9.55 Å². The van der Waals surface area contributed by atoms with Crippen molar-refractivity contribution in [3.63, 3.8) is 0 Å². The van der Waals surface area contributed by atoms with Gasteiger partial charge in [-0.25, -0.2) is 13.4 Å². The molecule has 4 rings (SSSR count). The molecule has 26 heavy (non-hydrogen) atoms. The van der Waals surface area contributed by atoms with E-state index < -0.39 is 10.0 Å². The minimum Gasteiger partial charge on any atom is -0.475 e. The summed E-state index contributed by atoms with van der Waals surface area (Å²) in [5.41, 5.74) is 2.09. The van der Waals surface area contributed by atoms with Crippen molar-refractivity contribution in [3.05, 3.63) is 58.4 Å². The molecule has 0 amide bonds. The van der Waals surface area contributed by atoms with Gasteiger partial charge in [-0.2, -0.15) is 0 Å². The van der Waals surface area contributed by atoms with Gasteiger partial charge in [-0.1, -0.05) is 6.07 Å². The molecule has 7 nitrogen and oxygen atoms in total. The summed E-state index contributed by atoms with van der Waals surface area (Å²) < 4.78 is 33.2. The van der Waals surface area contributed by atoms with Gasteiger partial charge in [0.15, 0.2) is 11.1 Å². The van der Waals surface area contributed by atoms with Crippen LogP contribution in [0.25, 0.3) is 16.7 Å². The molecule has 1 aromatic carbocycles. The Bertz CT molecular complexity index is 1180. The van der Waals surface area contributed by atoms with Gasteiger partial charge in [0.05, 0.1) is 28.6 Å². The summed E-state index contributed by atoms with van der Waals surface area (Å²) >= 11 is 0. The number of benzene rings is 1. The quantitative estimate of drug-likeness (QED) is 0.761. The standard InChI is InChI=1S/C18H17N3O4S/c1-11-9-15-16(22)14-7-4-8-19-17(14)21(18(15)25-11)13-6-3-5-12(10-13)20-26(2,23)24/h3-8,10-11,20H,9H2,1-2H3. The summed E-state index contributed by atoms with van der Waals surface area (Å²) in [5.74, 6) is 0.463. The molecular weight excluding hydrogens is 354 g/mol. The number of aromatic nitrogens is 2. The van der Waals surface area contributed by atoms with Crippen LogP contribution >= 0.6 is 0 Å². The zero-order valence-corrected chi connectivity index (χ0v) is 15.1. The van der Waals surface area contributed by atoms with Gasteiger partial charge in [-0.05, 0) is 37.3 Å². The summed E-state index contributed by atoms with van der Waals surface area (Å²) in [4.78, 5) is 17.1. The summed E-state index contributed by atoms with van der Waals surface area (Å²) in [6.45, 7) is 1.91. The number of nitrogens with zero attached hydrogens (tertiary/aromatic N) is 2. The van der Waals surface area contributed by atoms with Crippen LogP contribution in [0.5, 0.6) is 5.88 Å². The van der Waals surface area contributed by atoms with E-state index in [-0.39, 0.29) is 11.5 Å². The molecule has 1 N–H and O–H groups in total. The molecule has 8 heteroatoms. The highest BCUT2D eigenvalue weighted by atomic mass is 32.2. The van der Waals surface area contributed by atoms with E-state index in [4.69, 9.17) is 4.74 Å². The second-order valence-electron chi connectivity index (χ2n) is 6.38. The maximum atomic E-state index is 12.8. The number of sulfonamides is 1. The van der Waals surface area contributed by atoms with Crippen molar-refractivity contribution in [2.75, 3.05) is 11.0 Å². The fourth-order valence-corrected chi connectivity index (χ4v) is 3.78. The van der Waals surface area contributed by atoms with Crippen LogP contribution in [0.4, 0.5) is 5.69 Å². The number of anilines is 1. The Hall–Kier alpha value is -2.87. The minimum atomic E-state index is -3.40. The highest BCUT2D eigenvalue weighted by Gasteiger charge is 2.28. The third kappa shape index (κ3) is 2.82. The van der Waals surface area contributed by atoms with Gasteiger partial charge < -0.3 is 4.74 Å². The lowest BCUT2D eigenvalue weighted by Gasteiger charge is -2.16. The van der Waals surface area contributed by atoms with Crippen LogP contribution in [0.2, 0.25) is 0 Å². The van der Waals surface area contributed by atoms with Crippen molar-refractivity contribution in [3.8, 4) is 11.6 Å². The number of ether oxygens (including phenoxy) is 1. The Kier molecular flexibility index (Phi) is 3.73. The van der Waals surface area contributed by atoms with Gasteiger partial charge in [-0.15, -0.1) is 0 Å². The van der Waals surface area contributed by atoms with Crippen LogP contribution in [0.1, 0.15) is 12.5 Å². The molecular formula is C18H17N3O4S. The number of rotatable bonds is 3. The van der Waals surface area contributed by atoms with E-state index in [2.05, 4.69) is 9.71 Å². The van der Waals surface area contributed by atoms with E-state index in [1.165, 1.54) is 0 Å². The van der Waals surface area contributed by atoms with E-state index in [0.717, 1.165) is 6.26 Å². The summed E-state index contributed by atoms with van der Waals surface area (Å²) in [6, 6.07) is 10.4. The highest BCUT2D eigenvalue weighted by molar-refractivity contribution is 7.92. The fraction of sp³-hybridized carbons (Fsp3) is 0.222. The van der Waals surface area contributed by atoms with Crippen molar-refractivity contribution < 1.29 is 13.2 Å². The highest BCUT2D eigenvalue weighted by Crippen LogP contribution is 2.33. The second-order valence-corrected chi connectivity index (χ2v) is 8.13. The van der Waals surface area contributed by atoms with Crippen LogP contribution in [-0.2, 0) is 16.4 Å². The van der Waals surface area contributed by atoms with Crippen molar-refractivity contribution in [1.29, 1.82) is 0 Å². The van der Waals surface area contributed by atoms with E-state index in [1.807, 2.05) is 13.0 Å². The van der Waals surface area contributed by atoms with E-state index >= 15 is 0 Å². The Morgan fingerprint density at radius 1 is 1.27 bits per heavy atom. The topological polar surface area (TPSA) is 90.3 Å². The first-order valence-corrected chi connectivity index (χ1v) is 10.00. The molecule has 1 atom stereocenters. The first-order chi connectivity index (χ1) is 12.3. The first-order valence-electron chi connectivity index (χ1n) is 8.11. The fourth-order valence-electron chi connectivity index (χ4n) is 3.23. The molecule has 0 radical (unpaired) electrons. The first kappa shape index (κ1) is 16.6. The van der Waals surface area contributed by atoms with Crippen molar-refractivity contribution >= 4 is 26.7 Å². The Morgan fingerprint density at radius 3 is 2.85 bits per heavy atom. The van der Waals surface area contributed by atoms with Crippen LogP contribution in [0.15, 0.2) is 47.4 Å². The maximum Gasteiger partial charge on any atom is 0.229 e. The number of hydrogen-bond donors (Lipinski definition) is 1. The Labute approximate surface area is 150 Å². The molecule has 3 aromatic rings. The van der Waals surface area contributed by atoms with Gasteiger partial charge in [0.2, 0.25) is 15.9 Å². The average Bonchev–Trinajstić information content (AvgIpc) is 2.95. The average molecular weight is 371 g/mol. The molecule has 3 heterocycles. The molecule has 0 spiro atoms. The number of pyridine rings is 2. The normalized spacial score (nSPS) is 16.3. The van der Waals surface area contributed by atoms with Crippen molar-refractivity contribution in [2.45, 2.75) is 19.4 Å². The van der Waals surface area contributed by atoms with Gasteiger partial charge in [0, 0.05) is 12.6 Å². The van der Waals surface area contributed by atoms with Gasteiger partial charge >= 0.3 is 0 Å². The third-order valence-electron chi connectivity index (χ3n) is 4.19. The predicted molar refractivity (Wildman–Crippen MR) is 99.6 cm³/mol. The van der Waals surface area contributed by atoms with Crippen LogP contribution in [0.3, 0.4) is 0 Å². The SMILES string of the molecule is CC1Cc2c(n(-c3cccc(NS(C)(=O)=O)c3)c3ncccc3c2=O)O1. The van der Waals surface area contributed by atoms with Crippen molar-refractivity contribution in [2.24, 2.45) is 0 Å². The second kappa shape index (κ2) is 5.84. The van der Waals surface area contributed by atoms with E-state index in [0.29, 0.717) is 40.3 Å². The molecule has 0 fully saturated rings. The molecule has 134 valence electrons.